The first-order chi connectivity index (χ1) is 8.34. The first kappa shape index (κ1) is 12.6. The molecule has 0 amide bonds. The highest BCUT2D eigenvalue weighted by molar-refractivity contribution is 7.07. The lowest BCUT2D eigenvalue weighted by molar-refractivity contribution is -0.149. The van der Waals surface area contributed by atoms with E-state index in [1.807, 2.05) is 11.4 Å². The highest BCUT2D eigenvalue weighted by Crippen LogP contribution is 2.13. The minimum absolute atomic E-state index is 0.119. The summed E-state index contributed by atoms with van der Waals surface area (Å²) >= 11 is 1.66. The van der Waals surface area contributed by atoms with Gasteiger partial charge in [-0.1, -0.05) is 0 Å². The molecule has 0 bridgehead atoms. The second-order valence-electron chi connectivity index (χ2n) is 4.30. The van der Waals surface area contributed by atoms with Gasteiger partial charge >= 0.3 is 5.97 Å². The molecule has 1 saturated heterocycles. The maximum Gasteiger partial charge on any atom is 0.306 e. The molecule has 1 unspecified atom stereocenters. The van der Waals surface area contributed by atoms with Crippen LogP contribution in [0, 0.1) is 0 Å². The smallest absolute Gasteiger partial charge is 0.306 e. The molecule has 2 rings (SSSR count). The Morgan fingerprint density at radius 2 is 2.47 bits per heavy atom. The van der Waals surface area contributed by atoms with Crippen molar-refractivity contribution in [3.05, 3.63) is 22.4 Å². The molecule has 1 atom stereocenters. The zero-order valence-electron chi connectivity index (χ0n) is 9.89. The molecular weight excluding hydrogens is 236 g/mol. The van der Waals surface area contributed by atoms with Crippen molar-refractivity contribution in [2.75, 3.05) is 13.2 Å². The summed E-state index contributed by atoms with van der Waals surface area (Å²) in [5.41, 5.74) is 1.21. The SMILES string of the molecule is O=C(CCc1ccsc1)OCC1CCCCO1. The van der Waals surface area contributed by atoms with E-state index < -0.39 is 0 Å². The Hall–Kier alpha value is -0.870. The fraction of sp³-hybridized carbons (Fsp3) is 0.615. The van der Waals surface area contributed by atoms with Gasteiger partial charge < -0.3 is 9.47 Å². The van der Waals surface area contributed by atoms with Crippen LogP contribution in [0.15, 0.2) is 16.8 Å². The Labute approximate surface area is 106 Å². The van der Waals surface area contributed by atoms with Crippen molar-refractivity contribution in [1.29, 1.82) is 0 Å². The number of hydrogen-bond donors (Lipinski definition) is 0. The molecule has 1 aromatic rings. The Balaban J connectivity index is 1.60. The zero-order valence-corrected chi connectivity index (χ0v) is 10.7. The predicted molar refractivity (Wildman–Crippen MR) is 67.2 cm³/mol. The van der Waals surface area contributed by atoms with E-state index in [-0.39, 0.29) is 12.1 Å². The van der Waals surface area contributed by atoms with Gasteiger partial charge in [-0.3, -0.25) is 4.79 Å². The van der Waals surface area contributed by atoms with Gasteiger partial charge in [0, 0.05) is 13.0 Å². The molecule has 0 aliphatic carbocycles. The molecule has 0 radical (unpaired) electrons. The molecule has 0 saturated carbocycles. The Morgan fingerprint density at radius 1 is 1.53 bits per heavy atom. The Kier molecular flexibility index (Phi) is 5.01. The van der Waals surface area contributed by atoms with Crippen LogP contribution in [0.1, 0.15) is 31.2 Å². The molecule has 1 aliphatic rings. The van der Waals surface area contributed by atoms with Gasteiger partial charge in [0.1, 0.15) is 6.61 Å². The summed E-state index contributed by atoms with van der Waals surface area (Å²) in [4.78, 5) is 11.5. The third-order valence-electron chi connectivity index (χ3n) is 2.90. The topological polar surface area (TPSA) is 35.5 Å². The second-order valence-corrected chi connectivity index (χ2v) is 5.08. The monoisotopic (exact) mass is 254 g/mol. The number of hydrogen-bond acceptors (Lipinski definition) is 4. The third-order valence-corrected chi connectivity index (χ3v) is 3.63. The van der Waals surface area contributed by atoms with Crippen LogP contribution in [-0.2, 0) is 20.7 Å². The van der Waals surface area contributed by atoms with E-state index >= 15 is 0 Å². The van der Waals surface area contributed by atoms with Crippen molar-refractivity contribution in [1.82, 2.24) is 0 Å². The fourth-order valence-electron chi connectivity index (χ4n) is 1.88. The Morgan fingerprint density at radius 3 is 3.18 bits per heavy atom. The second kappa shape index (κ2) is 6.77. The van der Waals surface area contributed by atoms with Gasteiger partial charge in [0.2, 0.25) is 0 Å². The van der Waals surface area contributed by atoms with Crippen molar-refractivity contribution in [3.63, 3.8) is 0 Å². The average Bonchev–Trinajstić information content (AvgIpc) is 2.88. The maximum absolute atomic E-state index is 11.5. The molecule has 4 heteroatoms. The number of rotatable bonds is 5. The molecule has 2 heterocycles. The average molecular weight is 254 g/mol. The maximum atomic E-state index is 11.5. The number of esters is 1. The standard InChI is InChI=1S/C13H18O3S/c14-13(5-4-11-6-8-17-10-11)16-9-12-3-1-2-7-15-12/h6,8,10,12H,1-5,7,9H2. The van der Waals surface area contributed by atoms with E-state index in [0.29, 0.717) is 13.0 Å². The van der Waals surface area contributed by atoms with Crippen molar-refractivity contribution in [2.45, 2.75) is 38.2 Å². The van der Waals surface area contributed by atoms with E-state index in [0.717, 1.165) is 25.9 Å². The van der Waals surface area contributed by atoms with Gasteiger partial charge in [-0.15, -0.1) is 0 Å². The van der Waals surface area contributed by atoms with Gasteiger partial charge in [0.25, 0.3) is 0 Å². The van der Waals surface area contributed by atoms with E-state index in [1.165, 1.54) is 12.0 Å². The van der Waals surface area contributed by atoms with Gasteiger partial charge in [-0.25, -0.2) is 0 Å². The lowest BCUT2D eigenvalue weighted by atomic mass is 10.1. The molecule has 3 nitrogen and oxygen atoms in total. The van der Waals surface area contributed by atoms with Crippen LogP contribution in [0.25, 0.3) is 0 Å². The molecule has 1 fully saturated rings. The van der Waals surface area contributed by atoms with E-state index in [1.54, 1.807) is 11.3 Å². The van der Waals surface area contributed by atoms with Crippen LogP contribution < -0.4 is 0 Å². The normalized spacial score (nSPS) is 20.1. The molecule has 0 spiro atoms. The minimum atomic E-state index is -0.120. The molecule has 0 N–H and O–H groups in total. The van der Waals surface area contributed by atoms with E-state index in [9.17, 15) is 4.79 Å². The molecular formula is C13H18O3S. The molecule has 17 heavy (non-hydrogen) atoms. The van der Waals surface area contributed by atoms with Crippen molar-refractivity contribution >= 4 is 17.3 Å². The highest BCUT2D eigenvalue weighted by Gasteiger charge is 2.15. The predicted octanol–water partition coefficient (Wildman–Crippen LogP) is 2.79. The van der Waals surface area contributed by atoms with Gasteiger partial charge in [0.15, 0.2) is 0 Å². The lowest BCUT2D eigenvalue weighted by Crippen LogP contribution is -2.26. The van der Waals surface area contributed by atoms with E-state index in [4.69, 9.17) is 9.47 Å². The van der Waals surface area contributed by atoms with Crippen molar-refractivity contribution < 1.29 is 14.3 Å². The molecule has 0 aromatic carbocycles. The third kappa shape index (κ3) is 4.48. The number of ether oxygens (including phenoxy) is 2. The fourth-order valence-corrected chi connectivity index (χ4v) is 2.58. The van der Waals surface area contributed by atoms with Crippen molar-refractivity contribution in [2.24, 2.45) is 0 Å². The van der Waals surface area contributed by atoms with Crippen LogP contribution in [0.5, 0.6) is 0 Å². The van der Waals surface area contributed by atoms with Gasteiger partial charge in [-0.2, -0.15) is 11.3 Å². The summed E-state index contributed by atoms with van der Waals surface area (Å²) in [6, 6.07) is 2.04. The quantitative estimate of drug-likeness (QED) is 0.758. The Bertz CT molecular complexity index is 328. The van der Waals surface area contributed by atoms with Crippen LogP contribution >= 0.6 is 11.3 Å². The molecule has 94 valence electrons. The van der Waals surface area contributed by atoms with Crippen LogP contribution in [0.4, 0.5) is 0 Å². The first-order valence-electron chi connectivity index (χ1n) is 6.13. The first-order valence-corrected chi connectivity index (χ1v) is 7.07. The van der Waals surface area contributed by atoms with Crippen LogP contribution in [-0.4, -0.2) is 25.3 Å². The molecule has 1 aliphatic heterocycles. The van der Waals surface area contributed by atoms with Gasteiger partial charge in [0.05, 0.1) is 6.10 Å². The summed E-state index contributed by atoms with van der Waals surface area (Å²) in [7, 11) is 0. The largest absolute Gasteiger partial charge is 0.463 e. The zero-order chi connectivity index (χ0) is 11.9. The number of aryl methyl sites for hydroxylation is 1. The van der Waals surface area contributed by atoms with E-state index in [2.05, 4.69) is 5.38 Å². The number of thiophene rings is 1. The molecule has 1 aromatic heterocycles. The summed E-state index contributed by atoms with van der Waals surface area (Å²) in [6.45, 7) is 1.22. The summed E-state index contributed by atoms with van der Waals surface area (Å²) in [6.07, 6.45) is 4.67. The summed E-state index contributed by atoms with van der Waals surface area (Å²) < 4.78 is 10.7. The van der Waals surface area contributed by atoms with Gasteiger partial charge in [-0.05, 0) is 48.1 Å². The van der Waals surface area contributed by atoms with Crippen LogP contribution in [0.2, 0.25) is 0 Å². The number of carbonyl (C=O) groups excluding carboxylic acids is 1. The highest BCUT2D eigenvalue weighted by atomic mass is 32.1. The minimum Gasteiger partial charge on any atom is -0.463 e. The van der Waals surface area contributed by atoms with Crippen molar-refractivity contribution in [3.8, 4) is 0 Å². The van der Waals surface area contributed by atoms with Crippen LogP contribution in [0.3, 0.4) is 0 Å². The summed E-state index contributed by atoms with van der Waals surface area (Å²) in [5, 5.41) is 4.09. The lowest BCUT2D eigenvalue weighted by Gasteiger charge is -2.22. The summed E-state index contributed by atoms with van der Waals surface area (Å²) in [5.74, 6) is -0.120. The number of carbonyl (C=O) groups is 1.